The third-order valence-corrected chi connectivity index (χ3v) is 2.99. The van der Waals surface area contributed by atoms with Gasteiger partial charge in [0.25, 0.3) is 6.35 Å². The molecule has 2 aliphatic rings. The lowest BCUT2D eigenvalue weighted by atomic mass is 10.6. The van der Waals surface area contributed by atoms with Crippen LogP contribution in [0.3, 0.4) is 0 Å². The molecule has 2 unspecified atom stereocenters. The summed E-state index contributed by atoms with van der Waals surface area (Å²) in [6, 6.07) is -2.08. The molecule has 0 spiro atoms. The zero-order valence-electron chi connectivity index (χ0n) is 15.3. The number of nitrogens with one attached hydrogen (secondary N) is 2. The van der Waals surface area contributed by atoms with Crippen LogP contribution in [-0.4, -0.2) is 71.8 Å². The normalized spacial score (nSPS) is 21.7. The summed E-state index contributed by atoms with van der Waals surface area (Å²) in [5, 5.41) is 22.6. The van der Waals surface area contributed by atoms with Crippen molar-refractivity contribution in [2.45, 2.75) is 12.7 Å². The average Bonchev–Trinajstić information content (AvgIpc) is 2.69. The molecule has 3 N–H and O–H groups in total. The Kier molecular flexibility index (Phi) is 7.81. The number of aliphatic imine (C=N–C) groups is 2. The molecular weight excluding hydrogens is 388 g/mol. The lowest BCUT2D eigenvalue weighted by Gasteiger charge is -2.30. The molecule has 1 fully saturated rings. The molecular formula is C15H20N8O6. The van der Waals surface area contributed by atoms with Crippen LogP contribution in [0.25, 0.3) is 0 Å². The van der Waals surface area contributed by atoms with Crippen molar-refractivity contribution in [3.05, 3.63) is 38.0 Å². The second-order valence-corrected chi connectivity index (χ2v) is 5.10. The Morgan fingerprint density at radius 3 is 2.38 bits per heavy atom. The van der Waals surface area contributed by atoms with Crippen LogP contribution in [0.2, 0.25) is 0 Å². The predicted octanol–water partition coefficient (Wildman–Crippen LogP) is 0.198. The molecule has 156 valence electrons. The van der Waals surface area contributed by atoms with Crippen molar-refractivity contribution >= 4 is 24.1 Å². The molecule has 0 aromatic carbocycles. The number of imide groups is 1. The molecule has 0 aromatic heterocycles. The molecule has 0 saturated carbocycles. The Morgan fingerprint density at radius 2 is 1.72 bits per heavy atom. The van der Waals surface area contributed by atoms with Gasteiger partial charge in [-0.05, 0) is 10.4 Å². The van der Waals surface area contributed by atoms with Gasteiger partial charge in [0, 0.05) is 0 Å². The van der Waals surface area contributed by atoms with Gasteiger partial charge in [0.1, 0.15) is 13.2 Å². The summed E-state index contributed by atoms with van der Waals surface area (Å²) in [6.07, 6.45) is 1.56. The van der Waals surface area contributed by atoms with Crippen LogP contribution < -0.4 is 10.6 Å². The highest BCUT2D eigenvalue weighted by atomic mass is 16.6. The Hall–Kier alpha value is -3.78. The minimum absolute atomic E-state index is 0.0522. The molecule has 0 aliphatic carbocycles. The number of hydrogen-bond donors (Lipinski definition) is 3. The number of ether oxygens (including phenoxy) is 3. The fourth-order valence-corrected chi connectivity index (χ4v) is 1.84. The number of amidine groups is 2. The van der Waals surface area contributed by atoms with Crippen LogP contribution in [0.15, 0.2) is 58.4 Å². The number of rotatable bonds is 9. The molecule has 0 radical (unpaired) electrons. The number of urea groups is 2. The number of nitrogens with zero attached hydrogens (tertiary/aromatic N) is 6. The van der Waals surface area contributed by atoms with Crippen LogP contribution in [0.5, 0.6) is 0 Å². The largest absolute Gasteiger partial charge is 0.459 e. The highest BCUT2D eigenvalue weighted by molar-refractivity contribution is 5.95. The third kappa shape index (κ3) is 5.85. The van der Waals surface area contributed by atoms with Crippen LogP contribution in [0.1, 0.15) is 0 Å². The minimum atomic E-state index is -1.73. The zero-order chi connectivity index (χ0) is 21.2. The van der Waals surface area contributed by atoms with E-state index < -0.39 is 24.8 Å². The molecule has 2 aliphatic heterocycles. The van der Waals surface area contributed by atoms with E-state index in [4.69, 9.17) is 14.2 Å². The van der Waals surface area contributed by atoms with E-state index in [1.807, 2.05) is 10.6 Å². The van der Waals surface area contributed by atoms with Crippen molar-refractivity contribution in [1.82, 2.24) is 20.7 Å². The Balaban J connectivity index is 2.28. The van der Waals surface area contributed by atoms with E-state index in [0.29, 0.717) is 5.01 Å². The second kappa shape index (κ2) is 10.5. The van der Waals surface area contributed by atoms with Crippen LogP contribution in [0.4, 0.5) is 9.59 Å². The molecule has 2 rings (SSSR count). The van der Waals surface area contributed by atoms with Gasteiger partial charge < -0.3 is 19.3 Å². The van der Waals surface area contributed by atoms with Gasteiger partial charge in [-0.15, -0.1) is 21.6 Å². The first-order chi connectivity index (χ1) is 14.0. The lowest BCUT2D eigenvalue weighted by Crippen LogP contribution is -2.61. The van der Waals surface area contributed by atoms with Gasteiger partial charge >= 0.3 is 24.1 Å². The molecule has 14 heteroatoms. The lowest BCUT2D eigenvalue weighted by molar-refractivity contribution is -0.0388. The summed E-state index contributed by atoms with van der Waals surface area (Å²) in [4.78, 5) is 31.1. The van der Waals surface area contributed by atoms with Gasteiger partial charge in [0.15, 0.2) is 0 Å². The maximum atomic E-state index is 11.8. The van der Waals surface area contributed by atoms with Crippen LogP contribution >= 0.6 is 0 Å². The van der Waals surface area contributed by atoms with E-state index in [1.54, 1.807) is 0 Å². The fourth-order valence-electron chi connectivity index (χ4n) is 1.84. The molecule has 29 heavy (non-hydrogen) atoms. The SMILES string of the molecule is C=CCOC1=NC(OCC=C)N(N=NN2C(=O)NC(=O)NC2O)C(OCC=C)=N1. The van der Waals surface area contributed by atoms with E-state index in [0.717, 1.165) is 5.01 Å². The standard InChI is InChI=1S/C15H20N8O6/c1-4-7-27-11-18-14(28-8-5-2)23(15(19-11)29-9-6-3)21-20-22-12(25)16-10(24)17-13(22)26/h4-6,12,14,25H,1-3,7-9H2,(H2,16,17,24,26). The summed E-state index contributed by atoms with van der Waals surface area (Å²) in [5.41, 5.74) is 0. The second-order valence-electron chi connectivity index (χ2n) is 5.10. The molecule has 14 nitrogen and oxygen atoms in total. The van der Waals surface area contributed by atoms with Crippen molar-refractivity contribution in [1.29, 1.82) is 0 Å². The van der Waals surface area contributed by atoms with Crippen molar-refractivity contribution in [2.75, 3.05) is 19.8 Å². The van der Waals surface area contributed by atoms with Crippen LogP contribution in [-0.2, 0) is 14.2 Å². The number of amides is 4. The van der Waals surface area contributed by atoms with Crippen molar-refractivity contribution in [3.63, 3.8) is 0 Å². The molecule has 1 saturated heterocycles. The topological polar surface area (TPSA) is 162 Å². The Labute approximate surface area is 165 Å². The summed E-state index contributed by atoms with van der Waals surface area (Å²) < 4.78 is 16.2. The smallest absolute Gasteiger partial charge is 0.351 e. The average molecular weight is 408 g/mol. The van der Waals surface area contributed by atoms with Gasteiger partial charge in [-0.3, -0.25) is 10.6 Å². The zero-order valence-corrected chi connectivity index (χ0v) is 15.3. The number of hydrogen-bond acceptors (Lipinski definition) is 10. The summed E-state index contributed by atoms with van der Waals surface area (Å²) in [5.74, 6) is 0. The highest BCUT2D eigenvalue weighted by Gasteiger charge is 2.34. The first kappa shape index (κ1) is 21.5. The number of carbonyl (C=O) groups is 2. The predicted molar refractivity (Wildman–Crippen MR) is 98.7 cm³/mol. The fraction of sp³-hybridized carbons (Fsp3) is 0.333. The summed E-state index contributed by atoms with van der Waals surface area (Å²) in [7, 11) is 0. The van der Waals surface area contributed by atoms with Gasteiger partial charge in [0.2, 0.25) is 6.35 Å². The van der Waals surface area contributed by atoms with Crippen molar-refractivity contribution in [3.8, 4) is 0 Å². The summed E-state index contributed by atoms with van der Waals surface area (Å²) in [6.45, 7) is 10.9. The van der Waals surface area contributed by atoms with E-state index in [-0.39, 0.29) is 31.9 Å². The molecule has 2 atom stereocenters. The third-order valence-electron chi connectivity index (χ3n) is 2.99. The number of carbonyl (C=O) groups excluding carboxylic acids is 2. The summed E-state index contributed by atoms with van der Waals surface area (Å²) >= 11 is 0. The maximum absolute atomic E-state index is 11.8. The molecule has 0 aromatic rings. The first-order valence-electron chi connectivity index (χ1n) is 8.16. The molecule has 4 amide bonds. The maximum Gasteiger partial charge on any atom is 0.351 e. The van der Waals surface area contributed by atoms with Gasteiger partial charge in [-0.1, -0.05) is 31.4 Å². The Morgan fingerprint density at radius 1 is 1.07 bits per heavy atom. The van der Waals surface area contributed by atoms with Gasteiger partial charge in [0.05, 0.1) is 6.61 Å². The van der Waals surface area contributed by atoms with E-state index in [9.17, 15) is 14.7 Å². The first-order valence-corrected chi connectivity index (χ1v) is 8.16. The highest BCUT2D eigenvalue weighted by Crippen LogP contribution is 2.16. The van der Waals surface area contributed by atoms with E-state index in [1.165, 1.54) is 18.2 Å². The minimum Gasteiger partial charge on any atom is -0.459 e. The van der Waals surface area contributed by atoms with Crippen molar-refractivity contribution in [2.24, 2.45) is 20.4 Å². The number of aliphatic hydroxyl groups is 1. The van der Waals surface area contributed by atoms with E-state index >= 15 is 0 Å². The van der Waals surface area contributed by atoms with Gasteiger partial charge in [-0.25, -0.2) is 9.59 Å². The van der Waals surface area contributed by atoms with Crippen molar-refractivity contribution < 1.29 is 28.9 Å². The quantitative estimate of drug-likeness (QED) is 0.362. The van der Waals surface area contributed by atoms with Gasteiger partial charge in [-0.2, -0.15) is 4.99 Å². The van der Waals surface area contributed by atoms with Crippen LogP contribution in [0, 0.1) is 0 Å². The molecule has 0 bridgehead atoms. The Bertz CT molecular complexity index is 751. The number of aliphatic hydroxyl groups excluding tert-OH is 1. The van der Waals surface area contributed by atoms with E-state index in [2.05, 4.69) is 40.2 Å². The molecule has 2 heterocycles. The monoisotopic (exact) mass is 408 g/mol.